The highest BCUT2D eigenvalue weighted by molar-refractivity contribution is 7.87. The number of carboxylic acids is 1. The maximum absolute atomic E-state index is 12.4. The van der Waals surface area contributed by atoms with E-state index in [4.69, 9.17) is 0 Å². The van der Waals surface area contributed by atoms with Crippen molar-refractivity contribution in [1.82, 2.24) is 23.8 Å². The van der Waals surface area contributed by atoms with Gasteiger partial charge in [-0.25, -0.2) is 0 Å². The molecule has 2 unspecified atom stereocenters. The van der Waals surface area contributed by atoms with E-state index in [0.717, 1.165) is 4.31 Å². The van der Waals surface area contributed by atoms with Gasteiger partial charge in [0.25, 0.3) is 10.2 Å². The highest BCUT2D eigenvalue weighted by atomic mass is 32.2. The fraction of sp³-hybridized carbons (Fsp3) is 0.727. The fourth-order valence-electron chi connectivity index (χ4n) is 2.47. The summed E-state index contributed by atoms with van der Waals surface area (Å²) in [6.07, 6.45) is 3.17. The minimum atomic E-state index is -3.90. The standard InChI is InChI=1S/C11H19N5O4S/c1-8(10-13-12-7-15(10)2)14-21(19,20)16-6-4-3-5-9(16)11(17)18/h7-9,14H,3-6H2,1-2H3,(H,17,18). The molecule has 0 bridgehead atoms. The van der Waals surface area contributed by atoms with E-state index in [1.807, 2.05) is 0 Å². The van der Waals surface area contributed by atoms with Crippen molar-refractivity contribution in [2.75, 3.05) is 6.54 Å². The van der Waals surface area contributed by atoms with Crippen LogP contribution in [-0.2, 0) is 22.1 Å². The molecule has 10 heteroatoms. The Labute approximate surface area is 123 Å². The van der Waals surface area contributed by atoms with Crippen LogP contribution in [0.5, 0.6) is 0 Å². The highest BCUT2D eigenvalue weighted by Crippen LogP contribution is 2.21. The zero-order chi connectivity index (χ0) is 15.6. The number of aromatic nitrogens is 3. The fourth-order valence-corrected chi connectivity index (χ4v) is 4.06. The van der Waals surface area contributed by atoms with Crippen molar-refractivity contribution in [1.29, 1.82) is 0 Å². The zero-order valence-corrected chi connectivity index (χ0v) is 12.7. The van der Waals surface area contributed by atoms with Crippen molar-refractivity contribution in [2.24, 2.45) is 7.05 Å². The summed E-state index contributed by atoms with van der Waals surface area (Å²) in [5.41, 5.74) is 0. The van der Waals surface area contributed by atoms with Gasteiger partial charge in [-0.3, -0.25) is 4.79 Å². The molecule has 2 atom stereocenters. The highest BCUT2D eigenvalue weighted by Gasteiger charge is 2.37. The molecule has 21 heavy (non-hydrogen) atoms. The number of carboxylic acid groups (broad SMARTS) is 1. The lowest BCUT2D eigenvalue weighted by Gasteiger charge is -2.32. The van der Waals surface area contributed by atoms with Gasteiger partial charge in [0.15, 0.2) is 5.82 Å². The van der Waals surface area contributed by atoms with E-state index in [9.17, 15) is 18.3 Å². The minimum absolute atomic E-state index is 0.206. The number of piperidine rings is 1. The van der Waals surface area contributed by atoms with Gasteiger partial charge in [0.1, 0.15) is 12.4 Å². The summed E-state index contributed by atoms with van der Waals surface area (Å²) in [5.74, 6) is -0.658. The van der Waals surface area contributed by atoms with Crippen LogP contribution in [0.3, 0.4) is 0 Å². The van der Waals surface area contributed by atoms with Gasteiger partial charge in [0.2, 0.25) is 0 Å². The Morgan fingerprint density at radius 2 is 2.24 bits per heavy atom. The Hall–Kier alpha value is -1.52. The quantitative estimate of drug-likeness (QED) is 0.766. The Bertz CT molecular complexity index is 614. The zero-order valence-electron chi connectivity index (χ0n) is 11.9. The van der Waals surface area contributed by atoms with E-state index in [1.165, 1.54) is 6.33 Å². The van der Waals surface area contributed by atoms with Gasteiger partial charge in [-0.1, -0.05) is 0 Å². The van der Waals surface area contributed by atoms with Crippen LogP contribution in [0.4, 0.5) is 0 Å². The molecule has 118 valence electrons. The van der Waals surface area contributed by atoms with Crippen molar-refractivity contribution in [3.05, 3.63) is 12.2 Å². The maximum Gasteiger partial charge on any atom is 0.322 e. The first-order valence-electron chi connectivity index (χ1n) is 6.68. The number of hydrogen-bond acceptors (Lipinski definition) is 5. The normalized spacial score (nSPS) is 22.1. The third-order valence-corrected chi connectivity index (χ3v) is 5.21. The number of aryl methyl sites for hydroxylation is 1. The summed E-state index contributed by atoms with van der Waals surface area (Å²) in [6, 6.07) is -1.61. The molecule has 1 aliphatic rings. The number of aliphatic carboxylic acids is 1. The topological polar surface area (TPSA) is 117 Å². The number of hydrogen-bond donors (Lipinski definition) is 2. The Morgan fingerprint density at radius 3 is 2.81 bits per heavy atom. The molecule has 0 saturated carbocycles. The van der Waals surface area contributed by atoms with E-state index >= 15 is 0 Å². The molecule has 2 N–H and O–H groups in total. The molecule has 0 spiro atoms. The second-order valence-electron chi connectivity index (χ2n) is 5.11. The average molecular weight is 317 g/mol. The van der Waals surface area contributed by atoms with Crippen LogP contribution in [-0.4, -0.2) is 51.1 Å². The second-order valence-corrected chi connectivity index (χ2v) is 6.76. The van der Waals surface area contributed by atoms with Gasteiger partial charge < -0.3 is 9.67 Å². The molecular weight excluding hydrogens is 298 g/mol. The molecule has 1 aliphatic heterocycles. The van der Waals surface area contributed by atoms with Gasteiger partial charge in [0.05, 0.1) is 6.04 Å². The van der Waals surface area contributed by atoms with Crippen LogP contribution >= 0.6 is 0 Å². The molecule has 1 fully saturated rings. The monoisotopic (exact) mass is 317 g/mol. The molecule has 2 heterocycles. The van der Waals surface area contributed by atoms with Crippen LogP contribution in [0.15, 0.2) is 6.33 Å². The van der Waals surface area contributed by atoms with Gasteiger partial charge >= 0.3 is 5.97 Å². The summed E-state index contributed by atoms with van der Waals surface area (Å²) in [6.45, 7) is 1.85. The van der Waals surface area contributed by atoms with Gasteiger partial charge in [0, 0.05) is 13.6 Å². The second kappa shape index (κ2) is 6.08. The van der Waals surface area contributed by atoms with Gasteiger partial charge in [-0.15, -0.1) is 10.2 Å². The predicted octanol–water partition coefficient (Wildman–Crippen LogP) is -0.350. The van der Waals surface area contributed by atoms with Crippen molar-refractivity contribution < 1.29 is 18.3 Å². The molecule has 0 amide bonds. The number of nitrogens with zero attached hydrogens (tertiary/aromatic N) is 4. The van der Waals surface area contributed by atoms with Crippen molar-refractivity contribution in [2.45, 2.75) is 38.3 Å². The average Bonchev–Trinajstić information content (AvgIpc) is 2.84. The van der Waals surface area contributed by atoms with Crippen molar-refractivity contribution >= 4 is 16.2 Å². The molecule has 0 aliphatic carbocycles. The third-order valence-electron chi connectivity index (χ3n) is 3.51. The smallest absolute Gasteiger partial charge is 0.322 e. The first kappa shape index (κ1) is 15.9. The van der Waals surface area contributed by atoms with Crippen LogP contribution in [0.2, 0.25) is 0 Å². The van der Waals surface area contributed by atoms with Crippen LogP contribution in [0.1, 0.15) is 38.1 Å². The predicted molar refractivity (Wildman–Crippen MR) is 73.5 cm³/mol. The lowest BCUT2D eigenvalue weighted by atomic mass is 10.1. The molecule has 0 aromatic carbocycles. The largest absolute Gasteiger partial charge is 0.480 e. The Balaban J connectivity index is 2.17. The van der Waals surface area contributed by atoms with E-state index in [2.05, 4.69) is 14.9 Å². The molecule has 1 aromatic heterocycles. The van der Waals surface area contributed by atoms with Crippen LogP contribution < -0.4 is 4.72 Å². The first-order valence-corrected chi connectivity index (χ1v) is 8.12. The third kappa shape index (κ3) is 3.39. The Kier molecular flexibility index (Phi) is 4.59. The van der Waals surface area contributed by atoms with E-state index < -0.39 is 28.3 Å². The number of nitrogens with one attached hydrogen (secondary N) is 1. The number of carbonyl (C=O) groups is 1. The molecule has 9 nitrogen and oxygen atoms in total. The van der Waals surface area contributed by atoms with E-state index in [1.54, 1.807) is 18.5 Å². The van der Waals surface area contributed by atoms with Crippen molar-refractivity contribution in [3.8, 4) is 0 Å². The van der Waals surface area contributed by atoms with Gasteiger partial charge in [-0.2, -0.15) is 17.4 Å². The first-order chi connectivity index (χ1) is 9.83. The summed E-state index contributed by atoms with van der Waals surface area (Å²) in [5, 5.41) is 16.7. The lowest BCUT2D eigenvalue weighted by molar-refractivity contribution is -0.142. The summed E-state index contributed by atoms with van der Waals surface area (Å²) in [7, 11) is -2.19. The van der Waals surface area contributed by atoms with Crippen molar-refractivity contribution in [3.63, 3.8) is 0 Å². The number of rotatable bonds is 5. The van der Waals surface area contributed by atoms with Gasteiger partial charge in [-0.05, 0) is 26.2 Å². The SMILES string of the molecule is CC(NS(=O)(=O)N1CCCCC1C(=O)O)c1nncn1C. The van der Waals surface area contributed by atoms with E-state index in [0.29, 0.717) is 25.1 Å². The molecule has 1 saturated heterocycles. The van der Waals surface area contributed by atoms with Crippen LogP contribution in [0.25, 0.3) is 0 Å². The molecule has 0 radical (unpaired) electrons. The maximum atomic E-state index is 12.4. The summed E-state index contributed by atoms with van der Waals surface area (Å²) >= 11 is 0. The molecule has 2 rings (SSSR count). The lowest BCUT2D eigenvalue weighted by Crippen LogP contribution is -2.52. The van der Waals surface area contributed by atoms with Crippen LogP contribution in [0, 0.1) is 0 Å². The minimum Gasteiger partial charge on any atom is -0.480 e. The summed E-state index contributed by atoms with van der Waals surface area (Å²) < 4.78 is 29.9. The molecule has 1 aromatic rings. The molecular formula is C11H19N5O4S. The Morgan fingerprint density at radius 1 is 1.52 bits per heavy atom. The summed E-state index contributed by atoms with van der Waals surface area (Å²) in [4.78, 5) is 11.2. The van der Waals surface area contributed by atoms with E-state index in [-0.39, 0.29) is 6.54 Å².